The first-order valence-corrected chi connectivity index (χ1v) is 8.57. The molecule has 0 aliphatic carbocycles. The zero-order valence-corrected chi connectivity index (χ0v) is 14.3. The molecule has 1 N–H and O–H groups in total. The van der Waals surface area contributed by atoms with Crippen LogP contribution in [-0.4, -0.2) is 17.4 Å². The molecule has 3 rings (SSSR count). The highest BCUT2D eigenvalue weighted by atomic mass is 19.1. The fraction of sp³-hybridized carbons (Fsp3) is 0.350. The van der Waals surface area contributed by atoms with Gasteiger partial charge in [-0.25, -0.2) is 8.78 Å². The fourth-order valence-electron chi connectivity index (χ4n) is 3.08. The third kappa shape index (κ3) is 4.42. The number of nitrogens with zero attached hydrogens (tertiary/aromatic N) is 1. The maximum atomic E-state index is 13.8. The van der Waals surface area contributed by atoms with Crippen LogP contribution in [0, 0.1) is 11.6 Å². The van der Waals surface area contributed by atoms with E-state index in [2.05, 4.69) is 5.32 Å². The zero-order valence-electron chi connectivity index (χ0n) is 14.3. The number of benzene rings is 2. The molecule has 3 nitrogen and oxygen atoms in total. The highest BCUT2D eigenvalue weighted by Gasteiger charge is 2.19. The number of carbonyl (C=O) groups excluding carboxylic acids is 1. The lowest BCUT2D eigenvalue weighted by Crippen LogP contribution is -2.23. The van der Waals surface area contributed by atoms with E-state index in [1.54, 1.807) is 0 Å². The van der Waals surface area contributed by atoms with E-state index in [1.807, 2.05) is 36.1 Å². The lowest BCUT2D eigenvalue weighted by molar-refractivity contribution is -0.128. The van der Waals surface area contributed by atoms with Gasteiger partial charge in [-0.05, 0) is 42.7 Å². The van der Waals surface area contributed by atoms with Gasteiger partial charge in [-0.15, -0.1) is 0 Å². The zero-order chi connectivity index (χ0) is 17.8. The van der Waals surface area contributed by atoms with Crippen LogP contribution in [0.4, 0.5) is 8.78 Å². The summed E-state index contributed by atoms with van der Waals surface area (Å²) < 4.78 is 27.1. The Bertz CT molecular complexity index is 746. The first kappa shape index (κ1) is 17.5. The SMILES string of the molecule is CC(NCc1ccc(CN2CCCC2=O)cc1)c1cc(F)ccc1F. The summed E-state index contributed by atoms with van der Waals surface area (Å²) in [5, 5.41) is 3.21. The van der Waals surface area contributed by atoms with Crippen LogP contribution >= 0.6 is 0 Å². The van der Waals surface area contributed by atoms with E-state index in [9.17, 15) is 13.6 Å². The van der Waals surface area contributed by atoms with Gasteiger partial charge in [0.2, 0.25) is 5.91 Å². The van der Waals surface area contributed by atoms with Crippen molar-refractivity contribution < 1.29 is 13.6 Å². The number of hydrogen-bond donors (Lipinski definition) is 1. The molecular formula is C20H22F2N2O. The van der Waals surface area contributed by atoms with Crippen molar-refractivity contribution in [2.45, 2.75) is 38.9 Å². The second-order valence-electron chi connectivity index (χ2n) is 6.50. The predicted molar refractivity (Wildman–Crippen MR) is 92.7 cm³/mol. The first-order valence-electron chi connectivity index (χ1n) is 8.57. The van der Waals surface area contributed by atoms with Crippen LogP contribution in [0.15, 0.2) is 42.5 Å². The molecule has 1 aliphatic heterocycles. The highest BCUT2D eigenvalue weighted by Crippen LogP contribution is 2.19. The number of hydrogen-bond acceptors (Lipinski definition) is 2. The monoisotopic (exact) mass is 344 g/mol. The molecular weight excluding hydrogens is 322 g/mol. The van der Waals surface area contributed by atoms with Gasteiger partial charge in [-0.3, -0.25) is 4.79 Å². The maximum Gasteiger partial charge on any atom is 0.222 e. The van der Waals surface area contributed by atoms with Gasteiger partial charge < -0.3 is 10.2 Å². The van der Waals surface area contributed by atoms with Crippen molar-refractivity contribution in [1.82, 2.24) is 10.2 Å². The van der Waals surface area contributed by atoms with Gasteiger partial charge in [-0.1, -0.05) is 24.3 Å². The molecule has 132 valence electrons. The summed E-state index contributed by atoms with van der Waals surface area (Å²) in [4.78, 5) is 13.5. The predicted octanol–water partition coefficient (Wildman–Crippen LogP) is 3.94. The van der Waals surface area contributed by atoms with Crippen LogP contribution in [-0.2, 0) is 17.9 Å². The minimum Gasteiger partial charge on any atom is -0.338 e. The minimum absolute atomic E-state index is 0.219. The maximum absolute atomic E-state index is 13.8. The van der Waals surface area contributed by atoms with Crippen molar-refractivity contribution in [2.75, 3.05) is 6.54 Å². The summed E-state index contributed by atoms with van der Waals surface area (Å²) >= 11 is 0. The van der Waals surface area contributed by atoms with E-state index < -0.39 is 11.6 Å². The van der Waals surface area contributed by atoms with E-state index in [1.165, 1.54) is 6.07 Å². The fourth-order valence-corrected chi connectivity index (χ4v) is 3.08. The van der Waals surface area contributed by atoms with Crippen molar-refractivity contribution in [2.24, 2.45) is 0 Å². The Morgan fingerprint density at radius 2 is 1.84 bits per heavy atom. The Morgan fingerprint density at radius 1 is 1.12 bits per heavy atom. The van der Waals surface area contributed by atoms with E-state index in [4.69, 9.17) is 0 Å². The molecule has 5 heteroatoms. The Kier molecular flexibility index (Phi) is 5.43. The number of carbonyl (C=O) groups is 1. The van der Waals surface area contributed by atoms with Crippen molar-refractivity contribution in [3.05, 3.63) is 70.8 Å². The Balaban J connectivity index is 1.56. The van der Waals surface area contributed by atoms with Crippen molar-refractivity contribution in [1.29, 1.82) is 0 Å². The molecule has 0 bridgehead atoms. The largest absolute Gasteiger partial charge is 0.338 e. The molecule has 1 heterocycles. The third-order valence-corrected chi connectivity index (χ3v) is 4.60. The summed E-state index contributed by atoms with van der Waals surface area (Å²) in [6.45, 7) is 3.85. The van der Waals surface area contributed by atoms with Crippen molar-refractivity contribution in [3.8, 4) is 0 Å². The van der Waals surface area contributed by atoms with Crippen LogP contribution in [0.3, 0.4) is 0 Å². The molecule has 2 aromatic rings. The lowest BCUT2D eigenvalue weighted by atomic mass is 10.1. The second kappa shape index (κ2) is 7.74. The topological polar surface area (TPSA) is 32.3 Å². The van der Waals surface area contributed by atoms with Crippen LogP contribution in [0.1, 0.15) is 42.5 Å². The van der Waals surface area contributed by atoms with E-state index >= 15 is 0 Å². The number of likely N-dealkylation sites (tertiary alicyclic amines) is 1. The van der Waals surface area contributed by atoms with Gasteiger partial charge in [0, 0.05) is 37.7 Å². The molecule has 1 atom stereocenters. The molecule has 1 fully saturated rings. The van der Waals surface area contributed by atoms with Gasteiger partial charge in [0.15, 0.2) is 0 Å². The van der Waals surface area contributed by atoms with Gasteiger partial charge >= 0.3 is 0 Å². The lowest BCUT2D eigenvalue weighted by Gasteiger charge is -2.17. The van der Waals surface area contributed by atoms with E-state index in [-0.39, 0.29) is 11.9 Å². The van der Waals surface area contributed by atoms with Gasteiger partial charge in [0.05, 0.1) is 0 Å². The van der Waals surface area contributed by atoms with E-state index in [0.717, 1.165) is 36.2 Å². The van der Waals surface area contributed by atoms with Crippen LogP contribution in [0.25, 0.3) is 0 Å². The molecule has 0 saturated carbocycles. The van der Waals surface area contributed by atoms with Gasteiger partial charge in [-0.2, -0.15) is 0 Å². The first-order chi connectivity index (χ1) is 12.0. The van der Waals surface area contributed by atoms with E-state index in [0.29, 0.717) is 25.1 Å². The van der Waals surface area contributed by atoms with Crippen LogP contribution in [0.2, 0.25) is 0 Å². The Hall–Kier alpha value is -2.27. The summed E-state index contributed by atoms with van der Waals surface area (Å²) in [5.74, 6) is -0.630. The average Bonchev–Trinajstić information content (AvgIpc) is 3.01. The molecule has 0 aromatic heterocycles. The number of halogens is 2. The summed E-state index contributed by atoms with van der Waals surface area (Å²) in [5.41, 5.74) is 2.48. The third-order valence-electron chi connectivity index (χ3n) is 4.60. The minimum atomic E-state index is -0.439. The second-order valence-corrected chi connectivity index (χ2v) is 6.50. The molecule has 1 aliphatic rings. The van der Waals surface area contributed by atoms with Crippen molar-refractivity contribution in [3.63, 3.8) is 0 Å². The Morgan fingerprint density at radius 3 is 2.52 bits per heavy atom. The Labute approximate surface area is 146 Å². The normalized spacial score (nSPS) is 15.6. The summed E-state index contributed by atoms with van der Waals surface area (Å²) in [6.07, 6.45) is 1.59. The molecule has 1 amide bonds. The summed E-state index contributed by atoms with van der Waals surface area (Å²) in [6, 6.07) is 11.2. The molecule has 2 aromatic carbocycles. The van der Waals surface area contributed by atoms with Gasteiger partial charge in [0.1, 0.15) is 11.6 Å². The number of amides is 1. The average molecular weight is 344 g/mol. The molecule has 1 saturated heterocycles. The molecule has 1 unspecified atom stereocenters. The van der Waals surface area contributed by atoms with Gasteiger partial charge in [0.25, 0.3) is 0 Å². The van der Waals surface area contributed by atoms with Crippen LogP contribution in [0.5, 0.6) is 0 Å². The molecule has 0 radical (unpaired) electrons. The molecule has 0 spiro atoms. The number of nitrogens with one attached hydrogen (secondary N) is 1. The van der Waals surface area contributed by atoms with Crippen LogP contribution < -0.4 is 5.32 Å². The quantitative estimate of drug-likeness (QED) is 0.861. The highest BCUT2D eigenvalue weighted by molar-refractivity contribution is 5.78. The summed E-state index contributed by atoms with van der Waals surface area (Å²) in [7, 11) is 0. The standard InChI is InChI=1S/C20H22F2N2O/c1-14(18-11-17(21)8-9-19(18)22)23-12-15-4-6-16(7-5-15)13-24-10-2-3-20(24)25/h4-9,11,14,23H,2-3,10,12-13H2,1H3. The van der Waals surface area contributed by atoms with Crippen molar-refractivity contribution >= 4 is 5.91 Å². The molecule has 25 heavy (non-hydrogen) atoms. The smallest absolute Gasteiger partial charge is 0.222 e. The number of rotatable bonds is 6.